The first-order valence-corrected chi connectivity index (χ1v) is 4.01. The van der Waals surface area contributed by atoms with Gasteiger partial charge in [-0.05, 0) is 25.3 Å². The van der Waals surface area contributed by atoms with Gasteiger partial charge < -0.3 is 5.73 Å². The zero-order valence-electron chi connectivity index (χ0n) is 6.69. The SMILES string of the molecule is CCC[C@@H](C)CCCN. The highest BCUT2D eigenvalue weighted by molar-refractivity contribution is 4.51. The lowest BCUT2D eigenvalue weighted by molar-refractivity contribution is 0.473. The van der Waals surface area contributed by atoms with Crippen molar-refractivity contribution in [1.29, 1.82) is 0 Å². The first kappa shape index (κ1) is 8.96. The number of hydrogen-bond donors (Lipinski definition) is 1. The lowest BCUT2D eigenvalue weighted by Gasteiger charge is -2.06. The van der Waals surface area contributed by atoms with E-state index in [-0.39, 0.29) is 0 Å². The normalized spacial score (nSPS) is 13.7. The summed E-state index contributed by atoms with van der Waals surface area (Å²) in [6.07, 6.45) is 5.18. The van der Waals surface area contributed by atoms with E-state index in [0.29, 0.717) is 0 Å². The average Bonchev–Trinajstić information content (AvgIpc) is 1.85. The molecule has 0 aromatic rings. The molecule has 0 radical (unpaired) electrons. The highest BCUT2D eigenvalue weighted by atomic mass is 14.5. The van der Waals surface area contributed by atoms with Crippen LogP contribution in [0.15, 0.2) is 0 Å². The van der Waals surface area contributed by atoms with Crippen LogP contribution >= 0.6 is 0 Å². The van der Waals surface area contributed by atoms with E-state index >= 15 is 0 Å². The predicted octanol–water partition coefficient (Wildman–Crippen LogP) is 2.16. The molecule has 0 aliphatic carbocycles. The minimum Gasteiger partial charge on any atom is -0.330 e. The first-order valence-electron chi connectivity index (χ1n) is 4.01. The summed E-state index contributed by atoms with van der Waals surface area (Å²) < 4.78 is 0. The Bertz CT molecular complexity index is 52.5. The molecule has 1 nitrogen and oxygen atoms in total. The van der Waals surface area contributed by atoms with Crippen LogP contribution in [0.5, 0.6) is 0 Å². The molecule has 1 atom stereocenters. The lowest BCUT2D eigenvalue weighted by atomic mass is 10.0. The minimum absolute atomic E-state index is 0.855. The second kappa shape index (κ2) is 6.09. The van der Waals surface area contributed by atoms with Gasteiger partial charge in [-0.1, -0.05) is 26.7 Å². The van der Waals surface area contributed by atoms with Crippen molar-refractivity contribution in [2.75, 3.05) is 6.54 Å². The van der Waals surface area contributed by atoms with Gasteiger partial charge in [0.05, 0.1) is 0 Å². The zero-order valence-corrected chi connectivity index (χ0v) is 6.69. The van der Waals surface area contributed by atoms with Crippen molar-refractivity contribution >= 4 is 0 Å². The molecule has 0 bridgehead atoms. The standard InChI is InChI=1S/C8H19N/c1-3-5-8(2)6-4-7-9/h8H,3-7,9H2,1-2H3/t8-/m1/s1. The third-order valence-electron chi connectivity index (χ3n) is 1.68. The Kier molecular flexibility index (Phi) is 6.06. The minimum atomic E-state index is 0.855. The zero-order chi connectivity index (χ0) is 7.11. The van der Waals surface area contributed by atoms with Crippen LogP contribution in [0.4, 0.5) is 0 Å². The predicted molar refractivity (Wildman–Crippen MR) is 42.4 cm³/mol. The molecular formula is C8H19N. The van der Waals surface area contributed by atoms with Crippen LogP contribution in [0, 0.1) is 5.92 Å². The molecule has 0 heterocycles. The Labute approximate surface area is 58.6 Å². The van der Waals surface area contributed by atoms with Crippen molar-refractivity contribution < 1.29 is 0 Å². The molecule has 0 saturated carbocycles. The summed E-state index contributed by atoms with van der Waals surface area (Å²) in [4.78, 5) is 0. The molecule has 0 fully saturated rings. The van der Waals surface area contributed by atoms with E-state index in [2.05, 4.69) is 13.8 Å². The highest BCUT2D eigenvalue weighted by Crippen LogP contribution is 2.10. The van der Waals surface area contributed by atoms with E-state index in [1.807, 2.05) is 0 Å². The van der Waals surface area contributed by atoms with Gasteiger partial charge in [0.2, 0.25) is 0 Å². The first-order chi connectivity index (χ1) is 4.31. The Morgan fingerprint density at radius 3 is 2.44 bits per heavy atom. The number of rotatable bonds is 5. The molecule has 0 amide bonds. The van der Waals surface area contributed by atoms with E-state index in [9.17, 15) is 0 Å². The second-order valence-corrected chi connectivity index (χ2v) is 2.82. The van der Waals surface area contributed by atoms with Crippen molar-refractivity contribution in [1.82, 2.24) is 0 Å². The maximum absolute atomic E-state index is 5.37. The highest BCUT2D eigenvalue weighted by Gasteiger charge is 1.97. The van der Waals surface area contributed by atoms with Gasteiger partial charge in [0, 0.05) is 0 Å². The molecule has 2 N–H and O–H groups in total. The average molecular weight is 129 g/mol. The molecule has 0 aromatic carbocycles. The van der Waals surface area contributed by atoms with Gasteiger partial charge in [-0.2, -0.15) is 0 Å². The topological polar surface area (TPSA) is 26.0 Å². The molecule has 0 aliphatic heterocycles. The Morgan fingerprint density at radius 2 is 2.00 bits per heavy atom. The van der Waals surface area contributed by atoms with E-state index in [1.54, 1.807) is 0 Å². The molecule has 1 heteroatoms. The molecular weight excluding hydrogens is 110 g/mol. The summed E-state index contributed by atoms with van der Waals surface area (Å²) in [6.45, 7) is 5.40. The van der Waals surface area contributed by atoms with Crippen LogP contribution in [0.25, 0.3) is 0 Å². The van der Waals surface area contributed by atoms with Gasteiger partial charge in [0.1, 0.15) is 0 Å². The van der Waals surface area contributed by atoms with Crippen LogP contribution in [-0.4, -0.2) is 6.54 Å². The fourth-order valence-corrected chi connectivity index (χ4v) is 1.10. The van der Waals surface area contributed by atoms with Crippen LogP contribution < -0.4 is 5.73 Å². The second-order valence-electron chi connectivity index (χ2n) is 2.82. The van der Waals surface area contributed by atoms with Crippen molar-refractivity contribution in [2.45, 2.75) is 39.5 Å². The third-order valence-corrected chi connectivity index (χ3v) is 1.68. The smallest absolute Gasteiger partial charge is 0.00772 e. The summed E-state index contributed by atoms with van der Waals surface area (Å²) in [7, 11) is 0. The summed E-state index contributed by atoms with van der Waals surface area (Å²) in [5, 5.41) is 0. The summed E-state index contributed by atoms with van der Waals surface area (Å²) >= 11 is 0. The van der Waals surface area contributed by atoms with Crippen LogP contribution in [0.1, 0.15) is 39.5 Å². The maximum Gasteiger partial charge on any atom is -0.00772 e. The molecule has 0 aromatic heterocycles. The van der Waals surface area contributed by atoms with Gasteiger partial charge in [-0.25, -0.2) is 0 Å². The Hall–Kier alpha value is -0.0400. The molecule has 56 valence electrons. The monoisotopic (exact) mass is 129 g/mol. The van der Waals surface area contributed by atoms with Crippen LogP contribution in [0.2, 0.25) is 0 Å². The summed E-state index contributed by atoms with van der Waals surface area (Å²) in [5.41, 5.74) is 5.37. The van der Waals surface area contributed by atoms with Crippen molar-refractivity contribution in [3.63, 3.8) is 0 Å². The molecule has 0 aliphatic rings. The third kappa shape index (κ3) is 5.84. The molecule has 0 saturated heterocycles. The van der Waals surface area contributed by atoms with Crippen molar-refractivity contribution in [2.24, 2.45) is 11.7 Å². The Morgan fingerprint density at radius 1 is 1.33 bits per heavy atom. The fourth-order valence-electron chi connectivity index (χ4n) is 1.10. The number of hydrogen-bond acceptors (Lipinski definition) is 1. The number of nitrogens with two attached hydrogens (primary N) is 1. The molecule has 0 spiro atoms. The lowest BCUT2D eigenvalue weighted by Crippen LogP contribution is -2.02. The Balaban J connectivity index is 2.95. The summed E-state index contributed by atoms with van der Waals surface area (Å²) in [6, 6.07) is 0. The van der Waals surface area contributed by atoms with Gasteiger partial charge in [-0.15, -0.1) is 0 Å². The quantitative estimate of drug-likeness (QED) is 0.605. The molecule has 0 rings (SSSR count). The van der Waals surface area contributed by atoms with Gasteiger partial charge in [0.25, 0.3) is 0 Å². The molecule has 9 heavy (non-hydrogen) atoms. The van der Waals surface area contributed by atoms with E-state index in [0.717, 1.165) is 12.5 Å². The van der Waals surface area contributed by atoms with Crippen LogP contribution in [0.3, 0.4) is 0 Å². The summed E-state index contributed by atoms with van der Waals surface area (Å²) in [5.74, 6) is 0.888. The fraction of sp³-hybridized carbons (Fsp3) is 1.00. The largest absolute Gasteiger partial charge is 0.330 e. The van der Waals surface area contributed by atoms with Crippen molar-refractivity contribution in [3.05, 3.63) is 0 Å². The van der Waals surface area contributed by atoms with Crippen molar-refractivity contribution in [3.8, 4) is 0 Å². The van der Waals surface area contributed by atoms with Gasteiger partial charge in [-0.3, -0.25) is 0 Å². The molecule has 0 unspecified atom stereocenters. The maximum atomic E-state index is 5.37. The van der Waals surface area contributed by atoms with E-state index < -0.39 is 0 Å². The van der Waals surface area contributed by atoms with E-state index in [4.69, 9.17) is 5.73 Å². The van der Waals surface area contributed by atoms with E-state index in [1.165, 1.54) is 25.7 Å². The van der Waals surface area contributed by atoms with Gasteiger partial charge >= 0.3 is 0 Å². The van der Waals surface area contributed by atoms with Crippen LogP contribution in [-0.2, 0) is 0 Å². The van der Waals surface area contributed by atoms with Gasteiger partial charge in [0.15, 0.2) is 0 Å².